The first-order valence-corrected chi connectivity index (χ1v) is 0. The van der Waals surface area contributed by atoms with Gasteiger partial charge in [-0.3, -0.25) is 0 Å². The van der Waals surface area contributed by atoms with Gasteiger partial charge in [0.1, 0.15) is 0 Å². The van der Waals surface area contributed by atoms with Crippen LogP contribution in [0.1, 0.15) is 0 Å². The van der Waals surface area contributed by atoms with Gasteiger partial charge in [0.05, 0.1) is 0 Å². The van der Waals surface area contributed by atoms with Crippen molar-refractivity contribution >= 4 is 0 Å². The zero-order valence-electron chi connectivity index (χ0n) is 5.15. The summed E-state index contributed by atoms with van der Waals surface area (Å²) in [5, 5.41) is 0. The maximum absolute atomic E-state index is 0. The molecule has 2 radical (unpaired) electrons. The fourth-order valence-corrected chi connectivity index (χ4v) is 0. The quantitative estimate of drug-likeness (QED) is 0.238. The van der Waals surface area contributed by atoms with Crippen LogP contribution >= 0.6 is 0 Å². The molecule has 0 fully saturated rings. The summed E-state index contributed by atoms with van der Waals surface area (Å²) in [5.41, 5.74) is 0. The Morgan fingerprint density at radius 1 is 0.300 bits per heavy atom. The third-order valence-corrected chi connectivity index (χ3v) is 0. The summed E-state index contributed by atoms with van der Waals surface area (Å²) in [7, 11) is 0. The summed E-state index contributed by atoms with van der Waals surface area (Å²) < 4.78 is 0. The van der Waals surface area contributed by atoms with Crippen molar-refractivity contribution in [3.05, 3.63) is 0 Å². The molecule has 0 aromatic rings. The fraction of sp³-hybridized carbons (Fsp3) is 0. The maximum Gasteiger partial charge on any atom is 0 e. The molecule has 10 heavy (non-hydrogen) atoms. The summed E-state index contributed by atoms with van der Waals surface area (Å²) in [6.07, 6.45) is 0. The minimum Gasteiger partial charge on any atom is -0.412 e. The average molecular weight is 678 g/mol. The molecule has 0 bridgehead atoms. The van der Waals surface area contributed by atoms with Crippen molar-refractivity contribution in [2.45, 2.75) is 0 Å². The molecule has 12 N–H and O–H groups in total. The van der Waals surface area contributed by atoms with Gasteiger partial charge in [0.25, 0.3) is 0 Å². The van der Waals surface area contributed by atoms with Crippen LogP contribution in [0.3, 0.4) is 0 Å². The number of hydrogen-bond acceptors (Lipinski definition) is 0. The largest absolute Gasteiger partial charge is 0.412 e. The fourth-order valence-electron chi connectivity index (χ4n) is 0. The van der Waals surface area contributed by atoms with Crippen LogP contribution < -0.4 is 0 Å². The van der Waals surface area contributed by atoms with Crippen molar-refractivity contribution in [2.75, 3.05) is 0 Å². The standard InChI is InChI=1S/2Nd.6H2O.2Pr/h;;6*1H2;;. The van der Waals surface area contributed by atoms with E-state index in [1.165, 1.54) is 0 Å². The molecule has 0 heterocycles. The summed E-state index contributed by atoms with van der Waals surface area (Å²) in [4.78, 5) is 0. The molecular formula is H12Nd2O6Pr2. The SMILES string of the molecule is O.O.O.O.O.O.[Nd].[Nd].[Pr].[Pr]. The molecule has 0 atom stereocenters. The van der Waals surface area contributed by atoms with Crippen molar-refractivity contribution < 1.29 is 197 Å². The molecule has 0 spiro atoms. The van der Waals surface area contributed by atoms with Gasteiger partial charge in [0, 0.05) is 164 Å². The van der Waals surface area contributed by atoms with Crippen LogP contribution in [0, 0.1) is 164 Å². The van der Waals surface area contributed by atoms with E-state index >= 15 is 0 Å². The van der Waals surface area contributed by atoms with Gasteiger partial charge in [-0.1, -0.05) is 0 Å². The second-order valence-electron chi connectivity index (χ2n) is 0. The molecule has 0 unspecified atom stereocenters. The summed E-state index contributed by atoms with van der Waals surface area (Å²) in [6, 6.07) is 0. The predicted molar refractivity (Wildman–Crippen MR) is 21.7 cm³/mol. The first-order valence-electron chi connectivity index (χ1n) is 0. The van der Waals surface area contributed by atoms with Crippen molar-refractivity contribution in [3.63, 3.8) is 0 Å². The topological polar surface area (TPSA) is 189 Å². The molecule has 0 rings (SSSR count). The number of hydrogen-bond donors (Lipinski definition) is 0. The third-order valence-electron chi connectivity index (χ3n) is 0. The van der Waals surface area contributed by atoms with Gasteiger partial charge in [-0.15, -0.1) is 0 Å². The summed E-state index contributed by atoms with van der Waals surface area (Å²) in [5.74, 6) is 0. The van der Waals surface area contributed by atoms with E-state index in [1.807, 2.05) is 0 Å². The molecule has 0 amide bonds. The Bertz CT molecular complexity index is 13.7. The van der Waals surface area contributed by atoms with E-state index in [0.29, 0.717) is 0 Å². The zero-order valence-corrected chi connectivity index (χ0v) is 19.0. The molecule has 10 heteroatoms. The molecule has 0 saturated heterocycles. The third kappa shape index (κ3) is 72.8. The van der Waals surface area contributed by atoms with E-state index in [2.05, 4.69) is 0 Å². The molecule has 0 aromatic heterocycles. The Balaban J connectivity index is 0. The van der Waals surface area contributed by atoms with E-state index < -0.39 is 0 Å². The van der Waals surface area contributed by atoms with Crippen LogP contribution in [0.25, 0.3) is 0 Å². The normalized spacial score (nSPS) is 0. The molecule has 0 aliphatic heterocycles. The van der Waals surface area contributed by atoms with Crippen LogP contribution in [0.15, 0.2) is 0 Å². The molecule has 0 aromatic carbocycles. The minimum atomic E-state index is 0. The Labute approximate surface area is 191 Å². The van der Waals surface area contributed by atoms with Crippen LogP contribution in [0.5, 0.6) is 0 Å². The van der Waals surface area contributed by atoms with Crippen molar-refractivity contribution in [3.8, 4) is 0 Å². The molecule has 0 saturated carbocycles. The van der Waals surface area contributed by atoms with Crippen LogP contribution in [0.4, 0.5) is 0 Å². The predicted octanol–water partition coefficient (Wildman–Crippen LogP) is -4.95. The first-order chi connectivity index (χ1) is 0. The maximum atomic E-state index is 0. The molecule has 6 nitrogen and oxygen atoms in total. The molecular weight excluding hydrogens is 666 g/mol. The molecule has 0 aliphatic carbocycles. The minimum absolute atomic E-state index is 0. The van der Waals surface area contributed by atoms with Crippen molar-refractivity contribution in [2.24, 2.45) is 0 Å². The summed E-state index contributed by atoms with van der Waals surface area (Å²) >= 11 is 0. The second-order valence-corrected chi connectivity index (χ2v) is 0. The van der Waals surface area contributed by atoms with E-state index in [9.17, 15) is 0 Å². The average Bonchev–Trinajstić information content (AvgIpc) is 0. The van der Waals surface area contributed by atoms with Gasteiger partial charge in [0.2, 0.25) is 0 Å². The molecule has 0 aliphatic rings. The second kappa shape index (κ2) is 91.7. The van der Waals surface area contributed by atoms with Gasteiger partial charge in [0.15, 0.2) is 0 Å². The van der Waals surface area contributed by atoms with E-state index in [4.69, 9.17) is 0 Å². The Morgan fingerprint density at radius 3 is 0.300 bits per heavy atom. The van der Waals surface area contributed by atoms with E-state index in [-0.39, 0.29) is 197 Å². The monoisotopic (exact) mass is 674 g/mol. The molecule has 62 valence electrons. The Kier molecular flexibility index (Phi) is 1040. The zero-order chi connectivity index (χ0) is 0. The van der Waals surface area contributed by atoms with Crippen LogP contribution in [0.2, 0.25) is 0 Å². The van der Waals surface area contributed by atoms with Crippen molar-refractivity contribution in [1.29, 1.82) is 0 Å². The smallest absolute Gasteiger partial charge is 0 e. The van der Waals surface area contributed by atoms with Gasteiger partial charge >= 0.3 is 0 Å². The van der Waals surface area contributed by atoms with Gasteiger partial charge in [-0.2, -0.15) is 0 Å². The number of rotatable bonds is 0. The van der Waals surface area contributed by atoms with Crippen molar-refractivity contribution in [1.82, 2.24) is 0 Å². The first kappa shape index (κ1) is 114. The van der Waals surface area contributed by atoms with Crippen LogP contribution in [-0.2, 0) is 0 Å². The summed E-state index contributed by atoms with van der Waals surface area (Å²) in [6.45, 7) is 0. The van der Waals surface area contributed by atoms with E-state index in [1.54, 1.807) is 0 Å². The Hall–Kier alpha value is 5.19. The Morgan fingerprint density at radius 2 is 0.300 bits per heavy atom. The van der Waals surface area contributed by atoms with Gasteiger partial charge in [-0.25, -0.2) is 0 Å². The van der Waals surface area contributed by atoms with Crippen LogP contribution in [-0.4, -0.2) is 32.9 Å². The van der Waals surface area contributed by atoms with Gasteiger partial charge < -0.3 is 32.9 Å². The van der Waals surface area contributed by atoms with Gasteiger partial charge in [-0.05, 0) is 0 Å². The van der Waals surface area contributed by atoms with E-state index in [0.717, 1.165) is 0 Å².